The average molecular weight is 757 g/mol. The zero-order chi connectivity index (χ0) is 40.7. The van der Waals surface area contributed by atoms with Crippen LogP contribution in [-0.4, -0.2) is 128 Å². The van der Waals surface area contributed by atoms with Gasteiger partial charge in [-0.2, -0.15) is 0 Å². The molecule has 1 saturated heterocycles. The fraction of sp³-hybridized carbons (Fsp3) is 0.658. The van der Waals surface area contributed by atoms with Crippen LogP contribution < -0.4 is 16.0 Å². The van der Waals surface area contributed by atoms with E-state index in [9.17, 15) is 34.6 Å². The molecule has 1 aliphatic rings. The lowest BCUT2D eigenvalue weighted by molar-refractivity contribution is -0.148. The molecular formula is C38H60N8O8. The Morgan fingerprint density at radius 1 is 1.09 bits per heavy atom. The number of carbonyl (C=O) groups excluding carboxylic acids is 4. The molecule has 2 rings (SSSR count). The summed E-state index contributed by atoms with van der Waals surface area (Å²) in [5, 5.41) is 21.8. The van der Waals surface area contributed by atoms with Crippen molar-refractivity contribution in [2.75, 3.05) is 34.9 Å². The summed E-state index contributed by atoms with van der Waals surface area (Å²) in [5.41, 5.74) is 10.5. The number of methoxy groups -OCH3 is 2. The summed E-state index contributed by atoms with van der Waals surface area (Å²) < 4.78 is 11.8. The minimum Gasteiger partial charge on any atom is -0.480 e. The molecule has 1 aliphatic heterocycles. The average Bonchev–Trinajstić information content (AvgIpc) is 3.63. The molecule has 54 heavy (non-hydrogen) atoms. The van der Waals surface area contributed by atoms with Gasteiger partial charge in [0.2, 0.25) is 23.6 Å². The van der Waals surface area contributed by atoms with E-state index >= 15 is 0 Å². The van der Waals surface area contributed by atoms with Gasteiger partial charge in [-0.25, -0.2) is 4.79 Å². The summed E-state index contributed by atoms with van der Waals surface area (Å²) in [5.74, 6) is -3.91. The van der Waals surface area contributed by atoms with Crippen molar-refractivity contribution in [3.05, 3.63) is 58.5 Å². The topological polar surface area (TPSA) is 215 Å². The van der Waals surface area contributed by atoms with Crippen molar-refractivity contribution >= 4 is 29.6 Å². The number of likely N-dealkylation sites (N-methyl/N-ethyl adjacent to an activating group) is 2. The van der Waals surface area contributed by atoms with Gasteiger partial charge in [0.05, 0.1) is 42.7 Å². The van der Waals surface area contributed by atoms with Gasteiger partial charge in [0.25, 0.3) is 0 Å². The quantitative estimate of drug-likeness (QED) is 0.0591. The van der Waals surface area contributed by atoms with Crippen molar-refractivity contribution in [1.29, 1.82) is 0 Å². The van der Waals surface area contributed by atoms with Crippen LogP contribution in [0.2, 0.25) is 0 Å². The van der Waals surface area contributed by atoms with Gasteiger partial charge in [0, 0.05) is 39.1 Å². The molecule has 16 heteroatoms. The number of carboxylic acids is 1. The Hall–Kier alpha value is -4.50. The molecule has 1 aromatic carbocycles. The highest BCUT2D eigenvalue weighted by atomic mass is 16.5. The zero-order valence-electron chi connectivity index (χ0n) is 33.2. The van der Waals surface area contributed by atoms with Gasteiger partial charge >= 0.3 is 5.97 Å². The minimum absolute atomic E-state index is 0.102. The van der Waals surface area contributed by atoms with Crippen molar-refractivity contribution in [3.8, 4) is 0 Å². The van der Waals surface area contributed by atoms with Crippen molar-refractivity contribution in [3.63, 3.8) is 0 Å². The van der Waals surface area contributed by atoms with Crippen LogP contribution in [0.25, 0.3) is 10.4 Å². The lowest BCUT2D eigenvalue weighted by Crippen LogP contribution is -2.60. The van der Waals surface area contributed by atoms with Gasteiger partial charge in [-0.15, -0.1) is 0 Å². The number of nitrogens with zero attached hydrogens (tertiary/aromatic N) is 5. The third-order valence-electron chi connectivity index (χ3n) is 10.5. The van der Waals surface area contributed by atoms with Crippen LogP contribution in [0.3, 0.4) is 0 Å². The maximum atomic E-state index is 14.2. The van der Waals surface area contributed by atoms with Crippen LogP contribution in [0.15, 0.2) is 47.6 Å². The molecule has 0 bridgehead atoms. The largest absolute Gasteiger partial charge is 0.480 e. The summed E-state index contributed by atoms with van der Waals surface area (Å²) >= 11 is 0. The van der Waals surface area contributed by atoms with E-state index in [0.717, 1.165) is 5.56 Å². The molecule has 1 heterocycles. The Balaban J connectivity index is 2.32. The summed E-state index contributed by atoms with van der Waals surface area (Å²) in [6.45, 7) is 13.0. The molecule has 0 spiro atoms. The predicted octanol–water partition coefficient (Wildman–Crippen LogP) is 3.07. The Bertz CT molecular complexity index is 1490. The monoisotopic (exact) mass is 756 g/mol. The van der Waals surface area contributed by atoms with Crippen LogP contribution in [0.1, 0.15) is 65.9 Å². The third-order valence-corrected chi connectivity index (χ3v) is 10.5. The van der Waals surface area contributed by atoms with Gasteiger partial charge in [-0.1, -0.05) is 81.7 Å². The van der Waals surface area contributed by atoms with Crippen LogP contribution in [0, 0.1) is 11.8 Å². The van der Waals surface area contributed by atoms with Crippen molar-refractivity contribution in [2.24, 2.45) is 17.0 Å². The molecule has 16 nitrogen and oxygen atoms in total. The molecule has 10 atom stereocenters. The fourth-order valence-electron chi connectivity index (χ4n) is 7.25. The van der Waals surface area contributed by atoms with E-state index in [1.54, 1.807) is 57.1 Å². The minimum atomic E-state index is -1.22. The van der Waals surface area contributed by atoms with Crippen LogP contribution >= 0.6 is 0 Å². The van der Waals surface area contributed by atoms with Gasteiger partial charge in [0.1, 0.15) is 18.1 Å². The second kappa shape index (κ2) is 22.0. The van der Waals surface area contributed by atoms with E-state index in [0.29, 0.717) is 31.4 Å². The highest BCUT2D eigenvalue weighted by Crippen LogP contribution is 2.29. The van der Waals surface area contributed by atoms with E-state index < -0.39 is 78.1 Å². The predicted molar refractivity (Wildman–Crippen MR) is 204 cm³/mol. The zero-order valence-corrected chi connectivity index (χ0v) is 33.2. The maximum Gasteiger partial charge on any atom is 0.326 e. The van der Waals surface area contributed by atoms with E-state index in [1.807, 2.05) is 19.9 Å². The van der Waals surface area contributed by atoms with E-state index in [1.165, 1.54) is 26.0 Å². The number of rotatable bonds is 22. The second-order valence-corrected chi connectivity index (χ2v) is 14.2. The van der Waals surface area contributed by atoms with Gasteiger partial charge in [-0.05, 0) is 43.8 Å². The number of hydrogen-bond donors (Lipinski definition) is 4. The number of nitrogens with one attached hydrogen (secondary N) is 3. The third kappa shape index (κ3) is 12.0. The molecule has 300 valence electrons. The molecule has 0 aromatic heterocycles. The molecular weight excluding hydrogens is 696 g/mol. The Kier molecular flexibility index (Phi) is 18.6. The summed E-state index contributed by atoms with van der Waals surface area (Å²) in [6, 6.07) is 3.80. The molecule has 4 N–H and O–H groups in total. The highest BCUT2D eigenvalue weighted by molar-refractivity contribution is 5.92. The first-order chi connectivity index (χ1) is 25.6. The first kappa shape index (κ1) is 45.7. The number of azide groups is 1. The number of ether oxygens (including phenoxy) is 2. The summed E-state index contributed by atoms with van der Waals surface area (Å²) in [7, 11) is 6.11. The Morgan fingerprint density at radius 2 is 1.74 bits per heavy atom. The molecule has 0 aliphatic carbocycles. The van der Waals surface area contributed by atoms with Gasteiger partial charge in [-0.3, -0.25) is 19.2 Å². The molecule has 0 saturated carbocycles. The lowest BCUT2D eigenvalue weighted by Gasteiger charge is -2.41. The number of carbonyl (C=O) groups is 5. The van der Waals surface area contributed by atoms with Crippen LogP contribution in [-0.2, 0) is 39.9 Å². The smallest absolute Gasteiger partial charge is 0.326 e. The second-order valence-electron chi connectivity index (χ2n) is 14.2. The molecule has 0 radical (unpaired) electrons. The van der Waals surface area contributed by atoms with Crippen LogP contribution in [0.4, 0.5) is 0 Å². The Morgan fingerprint density at radius 3 is 2.26 bits per heavy atom. The number of hydrogen-bond acceptors (Lipinski definition) is 9. The number of benzene rings is 1. The first-order valence-corrected chi connectivity index (χ1v) is 18.4. The van der Waals surface area contributed by atoms with Crippen LogP contribution in [0.5, 0.6) is 0 Å². The SMILES string of the molecule is C=C(C)[C@H](NC)C(=O)N[C@H](C(=O)N(C)[C@@H]([C@@H](C)CC)[C@@H](CC(=O)N1CCC[C@H]1[C@H](OC)[C@@H](C)C(=O)N[C@@H](Cc1ccccc1)C(=O)O)OC)C(C)N=[N+]=[N-]. The van der Waals surface area contributed by atoms with Crippen molar-refractivity contribution in [1.82, 2.24) is 25.8 Å². The molecule has 1 unspecified atom stereocenters. The maximum absolute atomic E-state index is 14.2. The first-order valence-electron chi connectivity index (χ1n) is 18.4. The van der Waals surface area contributed by atoms with E-state index in [2.05, 4.69) is 32.6 Å². The lowest BCUT2D eigenvalue weighted by atomic mass is 9.89. The van der Waals surface area contributed by atoms with Gasteiger partial charge in [0.15, 0.2) is 0 Å². The normalized spacial score (nSPS) is 19.1. The number of likely N-dealkylation sites (tertiary alicyclic amines) is 1. The number of amides is 4. The van der Waals surface area contributed by atoms with Crippen molar-refractivity contribution in [2.45, 2.75) is 115 Å². The standard InChI is InChI=1S/C38H60N8O8/c1-11-23(4)33(45(8)37(50)32(25(6)43-44-39)42-36(49)31(40-7)22(2)3)29(53-9)21-30(47)46-19-15-18-28(46)34(54-10)24(5)35(48)41-27(38(51)52)20-26-16-13-12-14-17-26/h12-14,16-17,23-25,27-29,31-34,40H,2,11,15,18-21H2,1,3-10H3,(H,41,48)(H,42,49)(H,51,52)/t23-,24+,25?,27-,28-,29+,31-,32-,33-,34+/m0/s1. The van der Waals surface area contributed by atoms with Crippen molar-refractivity contribution < 1.29 is 38.6 Å². The number of carboxylic acid groups (broad SMARTS) is 1. The Labute approximate surface area is 319 Å². The number of aliphatic carboxylic acids is 1. The summed E-state index contributed by atoms with van der Waals surface area (Å²) in [6.07, 6.45) is 0.358. The van der Waals surface area contributed by atoms with E-state index in [4.69, 9.17) is 9.47 Å². The van der Waals surface area contributed by atoms with E-state index in [-0.39, 0.29) is 24.7 Å². The molecule has 4 amide bonds. The summed E-state index contributed by atoms with van der Waals surface area (Å²) in [4.78, 5) is 73.1. The van der Waals surface area contributed by atoms with Gasteiger partial charge < -0.3 is 40.3 Å². The molecule has 1 aromatic rings. The molecule has 1 fully saturated rings. The highest BCUT2D eigenvalue weighted by Gasteiger charge is 2.43. The fourth-order valence-corrected chi connectivity index (χ4v) is 7.25.